The highest BCUT2D eigenvalue weighted by atomic mass is 32.1. The molecular formula is C16H15N3O3S. The standard InChI is InChI=1S/C16H15N3O3S/c1-19(8-3-7-17)13-6-5-11(10-12(13)16(21)22)18-15(20)14-4-2-9-23-14/h2,4-6,9-10H,3,8H2,1H3,(H,18,20)(H,21,22). The average molecular weight is 329 g/mol. The molecule has 2 rings (SSSR count). The van der Waals surface area contributed by atoms with Gasteiger partial charge in [0.2, 0.25) is 0 Å². The summed E-state index contributed by atoms with van der Waals surface area (Å²) in [7, 11) is 1.73. The van der Waals surface area contributed by atoms with Gasteiger partial charge in [-0.2, -0.15) is 5.26 Å². The van der Waals surface area contributed by atoms with Gasteiger partial charge in [0.25, 0.3) is 5.91 Å². The summed E-state index contributed by atoms with van der Waals surface area (Å²) in [4.78, 5) is 25.7. The number of amides is 1. The van der Waals surface area contributed by atoms with Crippen molar-refractivity contribution in [3.05, 3.63) is 46.2 Å². The zero-order valence-electron chi connectivity index (χ0n) is 12.4. The lowest BCUT2D eigenvalue weighted by molar-refractivity contribution is 0.0697. The van der Waals surface area contributed by atoms with E-state index >= 15 is 0 Å². The molecule has 0 atom stereocenters. The van der Waals surface area contributed by atoms with Crippen molar-refractivity contribution in [1.82, 2.24) is 0 Å². The van der Waals surface area contributed by atoms with Gasteiger partial charge in [0, 0.05) is 19.3 Å². The van der Waals surface area contributed by atoms with Crippen molar-refractivity contribution in [2.24, 2.45) is 0 Å². The Morgan fingerprint density at radius 3 is 2.78 bits per heavy atom. The summed E-state index contributed by atoms with van der Waals surface area (Å²) >= 11 is 1.31. The summed E-state index contributed by atoms with van der Waals surface area (Å²) in [6, 6.07) is 10.2. The fraction of sp³-hybridized carbons (Fsp3) is 0.188. The molecule has 7 heteroatoms. The van der Waals surface area contributed by atoms with E-state index in [1.165, 1.54) is 17.4 Å². The molecule has 0 aliphatic carbocycles. The first-order valence-corrected chi connectivity index (χ1v) is 7.71. The van der Waals surface area contributed by atoms with Crippen molar-refractivity contribution in [1.29, 1.82) is 5.26 Å². The van der Waals surface area contributed by atoms with Crippen molar-refractivity contribution in [3.63, 3.8) is 0 Å². The van der Waals surface area contributed by atoms with Crippen LogP contribution in [-0.2, 0) is 0 Å². The molecule has 0 radical (unpaired) electrons. The van der Waals surface area contributed by atoms with Crippen LogP contribution < -0.4 is 10.2 Å². The minimum atomic E-state index is -1.09. The summed E-state index contributed by atoms with van der Waals surface area (Å²) < 4.78 is 0. The average Bonchev–Trinajstić information content (AvgIpc) is 3.07. The van der Waals surface area contributed by atoms with Crippen LogP contribution in [-0.4, -0.2) is 30.6 Å². The Labute approximate surface area is 137 Å². The Bertz CT molecular complexity index is 750. The molecule has 0 saturated carbocycles. The molecule has 0 unspecified atom stereocenters. The van der Waals surface area contributed by atoms with Gasteiger partial charge in [0.15, 0.2) is 0 Å². The van der Waals surface area contributed by atoms with Gasteiger partial charge in [0.1, 0.15) is 0 Å². The van der Waals surface area contributed by atoms with Gasteiger partial charge < -0.3 is 15.3 Å². The Morgan fingerprint density at radius 2 is 2.17 bits per heavy atom. The first kappa shape index (κ1) is 16.5. The van der Waals surface area contributed by atoms with Gasteiger partial charge in [-0.3, -0.25) is 4.79 Å². The molecule has 118 valence electrons. The first-order valence-electron chi connectivity index (χ1n) is 6.83. The van der Waals surface area contributed by atoms with Gasteiger partial charge in [-0.1, -0.05) is 6.07 Å². The molecule has 1 heterocycles. The summed E-state index contributed by atoms with van der Waals surface area (Å²) in [5.41, 5.74) is 0.995. The zero-order chi connectivity index (χ0) is 16.8. The van der Waals surface area contributed by atoms with Crippen molar-refractivity contribution in [2.45, 2.75) is 6.42 Å². The van der Waals surface area contributed by atoms with Gasteiger partial charge in [-0.15, -0.1) is 11.3 Å². The number of nitrogens with one attached hydrogen (secondary N) is 1. The molecule has 2 aromatic rings. The SMILES string of the molecule is CN(CCC#N)c1ccc(NC(=O)c2cccs2)cc1C(=O)O. The monoisotopic (exact) mass is 329 g/mol. The molecule has 0 aliphatic heterocycles. The number of carboxylic acid groups (broad SMARTS) is 1. The number of benzene rings is 1. The van der Waals surface area contributed by atoms with Crippen LogP contribution in [0.2, 0.25) is 0 Å². The van der Waals surface area contributed by atoms with E-state index < -0.39 is 5.97 Å². The highest BCUT2D eigenvalue weighted by molar-refractivity contribution is 7.12. The highest BCUT2D eigenvalue weighted by Gasteiger charge is 2.15. The minimum Gasteiger partial charge on any atom is -0.478 e. The third-order valence-corrected chi connectivity index (χ3v) is 4.07. The predicted octanol–water partition coefficient (Wildman–Crippen LogP) is 3.05. The first-order chi connectivity index (χ1) is 11.0. The maximum atomic E-state index is 12.0. The molecule has 6 nitrogen and oxygen atoms in total. The maximum Gasteiger partial charge on any atom is 0.337 e. The summed E-state index contributed by atoms with van der Waals surface area (Å²) in [6.45, 7) is 0.428. The molecule has 0 fully saturated rings. The molecule has 0 saturated heterocycles. The number of rotatable bonds is 6. The summed E-state index contributed by atoms with van der Waals surface area (Å²) in [6.07, 6.45) is 0.298. The second kappa shape index (κ2) is 7.42. The molecular weight excluding hydrogens is 314 g/mol. The van der Waals surface area contributed by atoms with Crippen LogP contribution in [0.15, 0.2) is 35.7 Å². The topological polar surface area (TPSA) is 93.4 Å². The number of aromatic carboxylic acids is 1. The summed E-state index contributed by atoms with van der Waals surface area (Å²) in [5, 5.41) is 22.5. The second-order valence-corrected chi connectivity index (χ2v) is 5.75. The quantitative estimate of drug-likeness (QED) is 0.849. The van der Waals surface area contributed by atoms with Gasteiger partial charge in [-0.25, -0.2) is 4.79 Å². The van der Waals surface area contributed by atoms with Gasteiger partial charge >= 0.3 is 5.97 Å². The van der Waals surface area contributed by atoms with Gasteiger partial charge in [0.05, 0.1) is 28.6 Å². The fourth-order valence-corrected chi connectivity index (χ4v) is 2.68. The number of anilines is 2. The lowest BCUT2D eigenvalue weighted by Gasteiger charge is -2.20. The van der Waals surface area contributed by atoms with Crippen LogP contribution in [0.5, 0.6) is 0 Å². The van der Waals surface area contributed by atoms with Crippen LogP contribution in [0, 0.1) is 11.3 Å². The second-order valence-electron chi connectivity index (χ2n) is 4.80. The number of carboxylic acids is 1. The molecule has 1 aromatic heterocycles. The van der Waals surface area contributed by atoms with Gasteiger partial charge in [-0.05, 0) is 29.6 Å². The van der Waals surface area contributed by atoms with E-state index in [9.17, 15) is 14.7 Å². The van der Waals surface area contributed by atoms with Crippen molar-refractivity contribution in [3.8, 4) is 6.07 Å². The normalized spacial score (nSPS) is 9.91. The highest BCUT2D eigenvalue weighted by Crippen LogP contribution is 2.24. The number of nitriles is 1. The molecule has 1 amide bonds. The number of hydrogen-bond donors (Lipinski definition) is 2. The van der Waals surface area contributed by atoms with E-state index in [1.54, 1.807) is 41.6 Å². The molecule has 0 spiro atoms. The Balaban J connectivity index is 2.24. The lowest BCUT2D eigenvalue weighted by atomic mass is 10.1. The molecule has 1 aromatic carbocycles. The van der Waals surface area contributed by atoms with E-state index in [4.69, 9.17) is 5.26 Å². The van der Waals surface area contributed by atoms with Crippen LogP contribution in [0.4, 0.5) is 11.4 Å². The van der Waals surface area contributed by atoms with E-state index in [-0.39, 0.29) is 11.5 Å². The Morgan fingerprint density at radius 1 is 1.39 bits per heavy atom. The zero-order valence-corrected chi connectivity index (χ0v) is 13.3. The van der Waals surface area contributed by atoms with E-state index in [2.05, 4.69) is 5.32 Å². The number of nitrogens with zero attached hydrogens (tertiary/aromatic N) is 2. The number of thiophene rings is 1. The third-order valence-electron chi connectivity index (χ3n) is 3.20. The largest absolute Gasteiger partial charge is 0.478 e. The molecule has 23 heavy (non-hydrogen) atoms. The number of carbonyl (C=O) groups excluding carboxylic acids is 1. The summed E-state index contributed by atoms with van der Waals surface area (Å²) in [5.74, 6) is -1.36. The van der Waals surface area contributed by atoms with Crippen molar-refractivity contribution < 1.29 is 14.7 Å². The maximum absolute atomic E-state index is 12.0. The number of hydrogen-bond acceptors (Lipinski definition) is 5. The fourth-order valence-electron chi connectivity index (χ4n) is 2.06. The molecule has 0 aliphatic rings. The predicted molar refractivity (Wildman–Crippen MR) is 89.2 cm³/mol. The smallest absolute Gasteiger partial charge is 0.337 e. The van der Waals surface area contributed by atoms with Crippen LogP contribution >= 0.6 is 11.3 Å². The van der Waals surface area contributed by atoms with Crippen molar-refractivity contribution >= 4 is 34.6 Å². The number of carbonyl (C=O) groups is 2. The Kier molecular flexibility index (Phi) is 5.33. The van der Waals surface area contributed by atoms with E-state index in [1.807, 2.05) is 6.07 Å². The lowest BCUT2D eigenvalue weighted by Crippen LogP contribution is -2.21. The van der Waals surface area contributed by atoms with Crippen LogP contribution in [0.3, 0.4) is 0 Å². The van der Waals surface area contributed by atoms with Crippen molar-refractivity contribution in [2.75, 3.05) is 23.8 Å². The van der Waals surface area contributed by atoms with E-state index in [0.29, 0.717) is 29.2 Å². The third kappa shape index (κ3) is 4.08. The van der Waals surface area contributed by atoms with E-state index in [0.717, 1.165) is 0 Å². The Hall–Kier alpha value is -2.85. The van der Waals surface area contributed by atoms with Crippen LogP contribution in [0.1, 0.15) is 26.5 Å². The van der Waals surface area contributed by atoms with Crippen LogP contribution in [0.25, 0.3) is 0 Å². The molecule has 0 bridgehead atoms. The minimum absolute atomic E-state index is 0.0782. The molecule has 2 N–H and O–H groups in total.